The molecule has 0 heterocycles. The molecule has 0 aromatic carbocycles. The molecule has 37 heavy (non-hydrogen) atoms. The van der Waals surface area contributed by atoms with Crippen molar-refractivity contribution in [2.24, 2.45) is 23.5 Å². The van der Waals surface area contributed by atoms with Gasteiger partial charge in [-0.15, -0.1) is 0 Å². The summed E-state index contributed by atoms with van der Waals surface area (Å²) in [7, 11) is 0. The molecule has 0 unspecified atom stereocenters. The van der Waals surface area contributed by atoms with E-state index in [0.717, 1.165) is 6.42 Å². The quantitative estimate of drug-likeness (QED) is 0.155. The first kappa shape index (κ1) is 34.5. The molecule has 0 bridgehead atoms. The zero-order chi connectivity index (χ0) is 28.2. The summed E-state index contributed by atoms with van der Waals surface area (Å²) in [6, 6.07) is -1.33. The van der Waals surface area contributed by atoms with Gasteiger partial charge in [-0.1, -0.05) is 34.6 Å². The van der Waals surface area contributed by atoms with Crippen LogP contribution in [0.5, 0.6) is 0 Å². The third-order valence-electron chi connectivity index (χ3n) is 5.67. The lowest BCUT2D eigenvalue weighted by molar-refractivity contribution is -0.133. The molecule has 5 N–H and O–H groups in total. The van der Waals surface area contributed by atoms with Gasteiger partial charge in [-0.3, -0.25) is 19.2 Å². The number of ketones is 2. The summed E-state index contributed by atoms with van der Waals surface area (Å²) in [5.41, 5.74) is 5.07. The predicted octanol–water partition coefficient (Wildman–Crippen LogP) is 1.72. The van der Waals surface area contributed by atoms with E-state index < -0.39 is 18.0 Å². The van der Waals surface area contributed by atoms with Crippen molar-refractivity contribution in [2.75, 3.05) is 39.5 Å². The zero-order valence-electron chi connectivity index (χ0n) is 23.2. The third-order valence-corrected chi connectivity index (χ3v) is 5.67. The maximum absolute atomic E-state index is 13.0. The van der Waals surface area contributed by atoms with Crippen LogP contribution in [0, 0.1) is 17.8 Å². The van der Waals surface area contributed by atoms with Crippen LogP contribution in [0.1, 0.15) is 73.1 Å². The highest BCUT2D eigenvalue weighted by atomic mass is 16.5. The monoisotopic (exact) mass is 528 g/mol. The number of ether oxygens (including phenoxy) is 2. The maximum atomic E-state index is 13.0. The normalized spacial score (nSPS) is 12.7. The minimum atomic E-state index is -0.704. The fourth-order valence-corrected chi connectivity index (χ4v) is 3.68. The smallest absolute Gasteiger partial charge is 0.312 e. The molecule has 2 atom stereocenters. The van der Waals surface area contributed by atoms with E-state index in [1.54, 1.807) is 13.8 Å². The highest BCUT2D eigenvalue weighted by molar-refractivity contribution is 5.93. The number of nitrogens with one attached hydrogen (secondary N) is 3. The molecule has 0 saturated carbocycles. The number of rotatable bonds is 22. The van der Waals surface area contributed by atoms with Crippen LogP contribution < -0.4 is 21.7 Å². The molecular formula is C26H48N4O7. The summed E-state index contributed by atoms with van der Waals surface area (Å²) < 4.78 is 10.8. The van der Waals surface area contributed by atoms with Crippen LogP contribution in [-0.2, 0) is 28.7 Å². The molecule has 4 amide bonds. The second kappa shape index (κ2) is 20.5. The van der Waals surface area contributed by atoms with Crippen molar-refractivity contribution in [1.29, 1.82) is 0 Å². The largest absolute Gasteiger partial charge is 0.379 e. The van der Waals surface area contributed by atoms with Crippen LogP contribution in [0.4, 0.5) is 4.79 Å². The van der Waals surface area contributed by atoms with E-state index in [0.29, 0.717) is 52.2 Å². The van der Waals surface area contributed by atoms with Crippen molar-refractivity contribution >= 4 is 29.4 Å². The molecule has 0 aliphatic rings. The van der Waals surface area contributed by atoms with Crippen LogP contribution in [0.15, 0.2) is 0 Å². The fraction of sp³-hybridized carbons (Fsp3) is 0.808. The molecule has 0 aromatic heterocycles. The van der Waals surface area contributed by atoms with Gasteiger partial charge in [-0.2, -0.15) is 0 Å². The Bertz CT molecular complexity index is 713. The summed E-state index contributed by atoms with van der Waals surface area (Å²) in [4.78, 5) is 60.3. The molecule has 11 heteroatoms. The molecule has 0 spiro atoms. The van der Waals surface area contributed by atoms with Crippen LogP contribution in [-0.4, -0.2) is 75.0 Å². The van der Waals surface area contributed by atoms with E-state index in [4.69, 9.17) is 15.2 Å². The second-order valence-electron chi connectivity index (χ2n) is 9.72. The Balaban J connectivity index is 4.46. The van der Waals surface area contributed by atoms with Crippen LogP contribution in [0.2, 0.25) is 0 Å². The van der Waals surface area contributed by atoms with E-state index in [9.17, 15) is 24.0 Å². The second-order valence-corrected chi connectivity index (χ2v) is 9.72. The van der Waals surface area contributed by atoms with Gasteiger partial charge < -0.3 is 31.2 Å². The van der Waals surface area contributed by atoms with Crippen LogP contribution >= 0.6 is 0 Å². The number of urea groups is 1. The Kier molecular flexibility index (Phi) is 19.1. The molecule has 0 saturated heterocycles. The first-order valence-electron chi connectivity index (χ1n) is 13.3. The molecular weight excluding hydrogens is 480 g/mol. The van der Waals surface area contributed by atoms with Crippen molar-refractivity contribution in [3.8, 4) is 0 Å². The van der Waals surface area contributed by atoms with Crippen molar-refractivity contribution in [3.63, 3.8) is 0 Å². The Labute approximate surface area is 221 Å². The van der Waals surface area contributed by atoms with Gasteiger partial charge in [0, 0.05) is 44.2 Å². The van der Waals surface area contributed by atoms with Crippen molar-refractivity contribution in [2.45, 2.75) is 79.2 Å². The minimum absolute atomic E-state index is 0.00564. The number of primary amides is 1. The highest BCUT2D eigenvalue weighted by Gasteiger charge is 2.30. The third kappa shape index (κ3) is 17.5. The van der Waals surface area contributed by atoms with Gasteiger partial charge in [-0.05, 0) is 25.2 Å². The van der Waals surface area contributed by atoms with E-state index >= 15 is 0 Å². The van der Waals surface area contributed by atoms with Crippen LogP contribution in [0.25, 0.3) is 0 Å². The van der Waals surface area contributed by atoms with Gasteiger partial charge in [0.1, 0.15) is 5.78 Å². The Morgan fingerprint density at radius 1 is 0.811 bits per heavy atom. The number of amides is 4. The topological polar surface area (TPSA) is 166 Å². The zero-order valence-corrected chi connectivity index (χ0v) is 23.2. The van der Waals surface area contributed by atoms with Gasteiger partial charge in [0.2, 0.25) is 11.8 Å². The maximum Gasteiger partial charge on any atom is 0.312 e. The first-order chi connectivity index (χ1) is 17.5. The van der Waals surface area contributed by atoms with Gasteiger partial charge in [0.15, 0.2) is 5.78 Å². The SMILES string of the molecule is CCCC(=O)NCCOCCOCCC(=O)N[C@H](C(=O)C[C@@H](CCCNC(N)=O)C(=O)C(C)C)C(C)C. The molecule has 0 aliphatic carbocycles. The number of carbonyl (C=O) groups excluding carboxylic acids is 5. The Morgan fingerprint density at radius 3 is 2.03 bits per heavy atom. The molecule has 0 fully saturated rings. The van der Waals surface area contributed by atoms with Crippen molar-refractivity contribution < 1.29 is 33.4 Å². The fourth-order valence-electron chi connectivity index (χ4n) is 3.68. The summed E-state index contributed by atoms with van der Waals surface area (Å²) in [6.45, 7) is 11.2. The molecule has 214 valence electrons. The average molecular weight is 529 g/mol. The number of hydrogen-bond donors (Lipinski definition) is 4. The molecule has 0 aliphatic heterocycles. The highest BCUT2D eigenvalue weighted by Crippen LogP contribution is 2.20. The Morgan fingerprint density at radius 2 is 1.46 bits per heavy atom. The average Bonchev–Trinajstić information content (AvgIpc) is 2.82. The molecule has 0 rings (SSSR count). The lowest BCUT2D eigenvalue weighted by Crippen LogP contribution is -2.45. The van der Waals surface area contributed by atoms with Gasteiger partial charge >= 0.3 is 6.03 Å². The number of nitrogens with two attached hydrogens (primary N) is 1. The van der Waals surface area contributed by atoms with Gasteiger partial charge in [-0.25, -0.2) is 4.79 Å². The number of hydrogen-bond acceptors (Lipinski definition) is 7. The summed E-state index contributed by atoms with van der Waals surface area (Å²) in [5, 5.41) is 8.03. The summed E-state index contributed by atoms with van der Waals surface area (Å²) in [5.74, 6) is -1.35. The lowest BCUT2D eigenvalue weighted by atomic mass is 9.84. The van der Waals surface area contributed by atoms with Crippen molar-refractivity contribution in [1.82, 2.24) is 16.0 Å². The summed E-state index contributed by atoms with van der Waals surface area (Å²) in [6.07, 6.45) is 2.40. The molecule has 11 nitrogen and oxygen atoms in total. The minimum Gasteiger partial charge on any atom is -0.379 e. The van der Waals surface area contributed by atoms with Gasteiger partial charge in [0.25, 0.3) is 0 Å². The molecule has 0 radical (unpaired) electrons. The van der Waals surface area contributed by atoms with E-state index in [1.807, 2.05) is 20.8 Å². The summed E-state index contributed by atoms with van der Waals surface area (Å²) >= 11 is 0. The predicted molar refractivity (Wildman–Crippen MR) is 141 cm³/mol. The van der Waals surface area contributed by atoms with Crippen molar-refractivity contribution in [3.05, 3.63) is 0 Å². The van der Waals surface area contributed by atoms with Gasteiger partial charge in [0.05, 0.1) is 32.5 Å². The standard InChI is InChI=1S/C26H48N4O7/c1-6-8-22(32)28-12-14-37-16-15-36-13-10-23(33)30-24(18(2)3)21(31)17-20(25(34)19(4)5)9-7-11-29-26(27)35/h18-20,24H,6-17H2,1-5H3,(H,28,32)(H,30,33)(H3,27,29,35)/t20-,24+/m1/s1. The van der Waals surface area contributed by atoms with E-state index in [2.05, 4.69) is 16.0 Å². The first-order valence-corrected chi connectivity index (χ1v) is 13.3. The number of carbonyl (C=O) groups is 5. The van der Waals surface area contributed by atoms with Crippen LogP contribution in [0.3, 0.4) is 0 Å². The Hall–Kier alpha value is -2.53. The molecule has 0 aromatic rings. The van der Waals surface area contributed by atoms with E-state index in [-0.39, 0.29) is 54.7 Å². The lowest BCUT2D eigenvalue weighted by Gasteiger charge is -2.24. The van der Waals surface area contributed by atoms with E-state index in [1.165, 1.54) is 0 Å². The number of Topliss-reactive ketones (excluding diaryl/α,β-unsaturated/α-hetero) is 2.